The van der Waals surface area contributed by atoms with Crippen molar-refractivity contribution < 1.29 is 19.5 Å². The van der Waals surface area contributed by atoms with Gasteiger partial charge in [0.25, 0.3) is 11.5 Å². The number of H-pyrrole nitrogens is 1. The predicted octanol–water partition coefficient (Wildman–Crippen LogP) is 2.21. The fourth-order valence-electron chi connectivity index (χ4n) is 3.56. The summed E-state index contributed by atoms with van der Waals surface area (Å²) in [4.78, 5) is 52.3. The van der Waals surface area contributed by atoms with E-state index in [1.807, 2.05) is 0 Å². The van der Waals surface area contributed by atoms with Gasteiger partial charge >= 0.3 is 5.97 Å². The van der Waals surface area contributed by atoms with Gasteiger partial charge in [-0.15, -0.1) is 0 Å². The first kappa shape index (κ1) is 18.6. The summed E-state index contributed by atoms with van der Waals surface area (Å²) >= 11 is 0. The maximum atomic E-state index is 12.8. The number of hydrogen-bond acceptors (Lipinski definition) is 4. The Bertz CT molecular complexity index is 992. The number of aryl methyl sites for hydroxylation is 1. The van der Waals surface area contributed by atoms with Gasteiger partial charge < -0.3 is 15.0 Å². The van der Waals surface area contributed by atoms with Crippen molar-refractivity contribution in [2.24, 2.45) is 0 Å². The summed E-state index contributed by atoms with van der Waals surface area (Å²) in [7, 11) is 0. The molecule has 3 rings (SSSR count). The molecule has 1 aromatic carbocycles. The Morgan fingerprint density at radius 2 is 1.85 bits per heavy atom. The predicted molar refractivity (Wildman–Crippen MR) is 98.5 cm³/mol. The molecule has 0 spiro atoms. The van der Waals surface area contributed by atoms with Crippen molar-refractivity contribution in [2.45, 2.75) is 26.2 Å². The molecule has 1 aromatic heterocycles. The van der Waals surface area contributed by atoms with Gasteiger partial charge in [0.15, 0.2) is 5.78 Å². The number of aromatic carboxylic acids is 1. The molecule has 0 radical (unpaired) electrons. The summed E-state index contributed by atoms with van der Waals surface area (Å²) in [5, 5.41) is 9.37. The minimum atomic E-state index is -1.00. The third-order valence-electron chi connectivity index (χ3n) is 4.95. The number of carbonyl (C=O) groups is 3. The van der Waals surface area contributed by atoms with Gasteiger partial charge in [-0.2, -0.15) is 0 Å². The zero-order valence-electron chi connectivity index (χ0n) is 15.1. The fraction of sp³-hybridized carbons (Fsp3) is 0.300. The molecule has 1 amide bonds. The lowest BCUT2D eigenvalue weighted by molar-refractivity contribution is 0.0694. The van der Waals surface area contributed by atoms with Crippen LogP contribution in [0, 0.1) is 6.92 Å². The molecule has 7 heteroatoms. The van der Waals surface area contributed by atoms with Crippen molar-refractivity contribution in [3.8, 4) is 0 Å². The van der Waals surface area contributed by atoms with E-state index in [9.17, 15) is 24.3 Å². The smallest absolute Gasteiger partial charge is 0.335 e. The molecule has 1 aliphatic heterocycles. The Morgan fingerprint density at radius 1 is 1.15 bits per heavy atom. The van der Waals surface area contributed by atoms with Crippen LogP contribution in [0.1, 0.15) is 61.6 Å². The van der Waals surface area contributed by atoms with E-state index in [0.29, 0.717) is 36.3 Å². The van der Waals surface area contributed by atoms with E-state index in [1.165, 1.54) is 17.9 Å². The summed E-state index contributed by atoms with van der Waals surface area (Å²) in [6.07, 6.45) is 0.610. The molecule has 2 heterocycles. The maximum absolute atomic E-state index is 12.8. The molecule has 0 aliphatic carbocycles. The first-order valence-corrected chi connectivity index (χ1v) is 8.66. The van der Waals surface area contributed by atoms with E-state index < -0.39 is 17.4 Å². The molecule has 0 saturated carbocycles. The number of ketones is 1. The lowest BCUT2D eigenvalue weighted by Gasteiger charge is -2.18. The number of likely N-dealkylation sites (tertiary alicyclic amines) is 1. The molecular weight excluding hydrogens is 348 g/mol. The lowest BCUT2D eigenvalue weighted by Crippen LogP contribution is -2.33. The number of nitrogens with zero attached hydrogens (tertiary/aromatic N) is 1. The number of nitrogens with one attached hydrogen (secondary N) is 1. The third kappa shape index (κ3) is 3.53. The Labute approximate surface area is 155 Å². The quantitative estimate of drug-likeness (QED) is 0.805. The lowest BCUT2D eigenvalue weighted by atomic mass is 9.93. The molecule has 2 aromatic rings. The molecule has 7 nitrogen and oxygen atoms in total. The number of carbonyl (C=O) groups excluding carboxylic acids is 2. The van der Waals surface area contributed by atoms with Crippen LogP contribution in [0.4, 0.5) is 0 Å². The van der Waals surface area contributed by atoms with Gasteiger partial charge in [-0.25, -0.2) is 4.79 Å². The number of amides is 1. The maximum Gasteiger partial charge on any atom is 0.335 e. The molecule has 0 unspecified atom stereocenters. The molecule has 27 heavy (non-hydrogen) atoms. The molecule has 1 saturated heterocycles. The number of aromatic amines is 1. The second-order valence-corrected chi connectivity index (χ2v) is 6.74. The Balaban J connectivity index is 1.87. The van der Waals surface area contributed by atoms with Crippen molar-refractivity contribution in [1.82, 2.24) is 9.88 Å². The van der Waals surface area contributed by atoms with Gasteiger partial charge in [-0.1, -0.05) is 18.2 Å². The zero-order chi connectivity index (χ0) is 19.7. The largest absolute Gasteiger partial charge is 0.478 e. The molecule has 140 valence electrons. The summed E-state index contributed by atoms with van der Waals surface area (Å²) < 4.78 is 0. The van der Waals surface area contributed by atoms with Crippen LogP contribution in [-0.4, -0.2) is 45.7 Å². The van der Waals surface area contributed by atoms with Crippen LogP contribution in [0.15, 0.2) is 35.1 Å². The van der Waals surface area contributed by atoms with E-state index in [-0.39, 0.29) is 22.8 Å². The standard InChI is InChI=1S/C20H20N2O5/c1-11-16(12(2)23)9-17(18(24)21-11)19(25)22-8-7-13(10-22)14-5-3-4-6-15(14)20(26)27/h3-6,9,13H,7-8,10H2,1-2H3,(H,21,24)(H,26,27)/t13-/m1/s1. The second kappa shape index (κ2) is 7.19. The van der Waals surface area contributed by atoms with Crippen molar-refractivity contribution in [3.05, 3.63) is 68.6 Å². The van der Waals surface area contributed by atoms with Crippen molar-refractivity contribution in [1.29, 1.82) is 0 Å². The first-order chi connectivity index (χ1) is 12.8. The van der Waals surface area contributed by atoms with Crippen LogP contribution in [0.2, 0.25) is 0 Å². The average molecular weight is 368 g/mol. The minimum Gasteiger partial charge on any atom is -0.478 e. The SMILES string of the molecule is CC(=O)c1cc(C(=O)N2CC[C@@H](c3ccccc3C(=O)O)C2)c(=O)[nH]c1C. The molecule has 2 N–H and O–H groups in total. The van der Waals surface area contributed by atoms with Crippen molar-refractivity contribution >= 4 is 17.7 Å². The highest BCUT2D eigenvalue weighted by atomic mass is 16.4. The number of Topliss-reactive ketones (excluding diaryl/α,β-unsaturated/α-hetero) is 1. The highest BCUT2D eigenvalue weighted by Crippen LogP contribution is 2.30. The van der Waals surface area contributed by atoms with Crippen LogP contribution >= 0.6 is 0 Å². The van der Waals surface area contributed by atoms with E-state index in [4.69, 9.17) is 0 Å². The monoisotopic (exact) mass is 368 g/mol. The number of aromatic nitrogens is 1. The number of carboxylic acid groups (broad SMARTS) is 1. The molecular formula is C20H20N2O5. The Morgan fingerprint density at radius 3 is 2.52 bits per heavy atom. The number of hydrogen-bond donors (Lipinski definition) is 2. The number of benzene rings is 1. The van der Waals surface area contributed by atoms with E-state index in [2.05, 4.69) is 4.98 Å². The minimum absolute atomic E-state index is 0.0713. The van der Waals surface area contributed by atoms with Crippen LogP contribution in [0.25, 0.3) is 0 Å². The van der Waals surface area contributed by atoms with Gasteiger partial charge in [0.2, 0.25) is 0 Å². The zero-order valence-corrected chi connectivity index (χ0v) is 15.1. The number of rotatable bonds is 4. The van der Waals surface area contributed by atoms with Gasteiger partial charge in [-0.3, -0.25) is 14.4 Å². The summed E-state index contributed by atoms with van der Waals surface area (Å²) in [5.41, 5.74) is 1.05. The third-order valence-corrected chi connectivity index (χ3v) is 4.95. The van der Waals surface area contributed by atoms with E-state index in [1.54, 1.807) is 31.2 Å². The van der Waals surface area contributed by atoms with Gasteiger partial charge in [-0.05, 0) is 38.0 Å². The first-order valence-electron chi connectivity index (χ1n) is 8.66. The summed E-state index contributed by atoms with van der Waals surface area (Å²) in [5.74, 6) is -1.80. The number of pyridine rings is 1. The highest BCUT2D eigenvalue weighted by Gasteiger charge is 2.31. The van der Waals surface area contributed by atoms with Gasteiger partial charge in [0.05, 0.1) is 5.56 Å². The molecule has 1 atom stereocenters. The average Bonchev–Trinajstić information content (AvgIpc) is 3.11. The fourth-order valence-corrected chi connectivity index (χ4v) is 3.56. The van der Waals surface area contributed by atoms with Crippen LogP contribution in [0.5, 0.6) is 0 Å². The number of carboxylic acids is 1. The second-order valence-electron chi connectivity index (χ2n) is 6.74. The van der Waals surface area contributed by atoms with E-state index >= 15 is 0 Å². The topological polar surface area (TPSA) is 108 Å². The summed E-state index contributed by atoms with van der Waals surface area (Å²) in [6, 6.07) is 8.09. The van der Waals surface area contributed by atoms with Crippen LogP contribution in [-0.2, 0) is 0 Å². The van der Waals surface area contributed by atoms with E-state index in [0.717, 1.165) is 0 Å². The van der Waals surface area contributed by atoms with Crippen molar-refractivity contribution in [2.75, 3.05) is 13.1 Å². The highest BCUT2D eigenvalue weighted by molar-refractivity contribution is 6.00. The normalized spacial score (nSPS) is 16.4. The van der Waals surface area contributed by atoms with Crippen LogP contribution < -0.4 is 5.56 Å². The van der Waals surface area contributed by atoms with Crippen LogP contribution in [0.3, 0.4) is 0 Å². The molecule has 1 fully saturated rings. The Kier molecular flexibility index (Phi) is 4.94. The van der Waals surface area contributed by atoms with Crippen molar-refractivity contribution in [3.63, 3.8) is 0 Å². The van der Waals surface area contributed by atoms with Gasteiger partial charge in [0, 0.05) is 30.3 Å². The molecule has 1 aliphatic rings. The Hall–Kier alpha value is -3.22. The van der Waals surface area contributed by atoms with Gasteiger partial charge in [0.1, 0.15) is 5.56 Å². The molecule has 0 bridgehead atoms. The summed E-state index contributed by atoms with van der Waals surface area (Å²) in [6.45, 7) is 3.73.